The Hall–Kier alpha value is -4.60. The lowest BCUT2D eigenvalue weighted by molar-refractivity contribution is 0.00503. The Kier molecular flexibility index (Phi) is 10.1. The van der Waals surface area contributed by atoms with E-state index in [1.165, 1.54) is 0 Å². The first-order valence-corrected chi connectivity index (χ1v) is 16.7. The van der Waals surface area contributed by atoms with E-state index in [0.717, 1.165) is 68.8 Å². The minimum Gasteiger partial charge on any atom is -0.487 e. The largest absolute Gasteiger partial charge is 0.487 e. The Morgan fingerprint density at radius 1 is 1.04 bits per heavy atom. The SMILES string of the molecule is CC(Cn1cnnn1)Oc1cc(-c2cnc(Nc3cn(C4CCC(N5CCOCC5)CC4)nc3OCCn3ccnc3)nc2)ccc1Cl. The number of ether oxygens (including phenoxy) is 3. The first-order valence-electron chi connectivity index (χ1n) is 16.3. The number of imidazole rings is 1. The van der Waals surface area contributed by atoms with E-state index in [4.69, 9.17) is 30.9 Å². The first kappa shape index (κ1) is 32.0. The van der Waals surface area contributed by atoms with Crippen molar-refractivity contribution in [2.45, 2.75) is 63.9 Å². The van der Waals surface area contributed by atoms with Crippen molar-refractivity contribution in [2.75, 3.05) is 38.2 Å². The second-order valence-corrected chi connectivity index (χ2v) is 12.5. The first-order chi connectivity index (χ1) is 23.6. The molecule has 4 aromatic heterocycles. The summed E-state index contributed by atoms with van der Waals surface area (Å²) in [6.07, 6.45) is 16.7. The number of aromatic nitrogens is 10. The maximum absolute atomic E-state index is 6.46. The zero-order chi connectivity index (χ0) is 32.7. The fourth-order valence-corrected chi connectivity index (χ4v) is 6.43. The van der Waals surface area contributed by atoms with E-state index >= 15 is 0 Å². The average Bonchev–Trinajstić information content (AvgIpc) is 3.91. The van der Waals surface area contributed by atoms with Crippen LogP contribution < -0.4 is 14.8 Å². The molecule has 7 rings (SSSR count). The van der Waals surface area contributed by atoms with Crippen LogP contribution in [0.15, 0.2) is 61.8 Å². The summed E-state index contributed by atoms with van der Waals surface area (Å²) < 4.78 is 23.5. The topological polar surface area (TPSA) is 148 Å². The highest BCUT2D eigenvalue weighted by molar-refractivity contribution is 6.32. The van der Waals surface area contributed by atoms with Crippen LogP contribution in [-0.2, 0) is 17.8 Å². The van der Waals surface area contributed by atoms with Crippen LogP contribution in [0.1, 0.15) is 38.6 Å². The van der Waals surface area contributed by atoms with Gasteiger partial charge in [0.25, 0.3) is 5.88 Å². The summed E-state index contributed by atoms with van der Waals surface area (Å²) >= 11 is 6.46. The molecule has 1 aliphatic heterocycles. The molecule has 48 heavy (non-hydrogen) atoms. The number of hydrogen-bond acceptors (Lipinski definition) is 12. The van der Waals surface area contributed by atoms with Crippen molar-refractivity contribution in [3.05, 3.63) is 66.9 Å². The van der Waals surface area contributed by atoms with Crippen LogP contribution >= 0.6 is 11.6 Å². The van der Waals surface area contributed by atoms with Gasteiger partial charge in [0, 0.05) is 49.5 Å². The molecule has 16 heteroatoms. The number of anilines is 2. The number of halogens is 1. The molecule has 15 nitrogen and oxygen atoms in total. The summed E-state index contributed by atoms with van der Waals surface area (Å²) in [5, 5.41) is 20.0. The number of nitrogens with zero attached hydrogens (tertiary/aromatic N) is 11. The van der Waals surface area contributed by atoms with Gasteiger partial charge in [0.2, 0.25) is 5.95 Å². The van der Waals surface area contributed by atoms with Crippen molar-refractivity contribution in [2.24, 2.45) is 0 Å². The fourth-order valence-electron chi connectivity index (χ4n) is 6.27. The molecule has 2 aliphatic rings. The van der Waals surface area contributed by atoms with E-state index in [-0.39, 0.29) is 6.10 Å². The molecule has 1 aliphatic carbocycles. The number of tetrazole rings is 1. The van der Waals surface area contributed by atoms with Gasteiger partial charge in [-0.05, 0) is 60.7 Å². The second kappa shape index (κ2) is 15.1. The summed E-state index contributed by atoms with van der Waals surface area (Å²) in [7, 11) is 0. The fraction of sp³-hybridized carbons (Fsp3) is 0.469. The van der Waals surface area contributed by atoms with Gasteiger partial charge in [-0.3, -0.25) is 9.58 Å². The molecule has 1 N–H and O–H groups in total. The summed E-state index contributed by atoms with van der Waals surface area (Å²) in [6.45, 7) is 7.22. The molecule has 0 amide bonds. The lowest BCUT2D eigenvalue weighted by atomic mass is 9.90. The van der Waals surface area contributed by atoms with E-state index in [1.807, 2.05) is 36.0 Å². The third-order valence-electron chi connectivity index (χ3n) is 8.77. The lowest BCUT2D eigenvalue weighted by Crippen LogP contribution is -2.45. The highest BCUT2D eigenvalue weighted by Gasteiger charge is 2.29. The van der Waals surface area contributed by atoms with Crippen molar-refractivity contribution in [1.29, 1.82) is 0 Å². The Balaban J connectivity index is 1.03. The Morgan fingerprint density at radius 2 is 1.85 bits per heavy atom. The molecule has 1 saturated carbocycles. The van der Waals surface area contributed by atoms with Gasteiger partial charge in [0.1, 0.15) is 30.5 Å². The number of rotatable bonds is 13. The van der Waals surface area contributed by atoms with Gasteiger partial charge in [0.15, 0.2) is 0 Å². The molecule has 1 aromatic carbocycles. The summed E-state index contributed by atoms with van der Waals surface area (Å²) in [5.41, 5.74) is 2.42. The molecule has 5 heterocycles. The summed E-state index contributed by atoms with van der Waals surface area (Å²) in [6, 6.07) is 6.51. The summed E-state index contributed by atoms with van der Waals surface area (Å²) in [4.78, 5) is 15.9. The Morgan fingerprint density at radius 3 is 2.60 bits per heavy atom. The third kappa shape index (κ3) is 7.91. The van der Waals surface area contributed by atoms with Gasteiger partial charge < -0.3 is 24.1 Å². The van der Waals surface area contributed by atoms with E-state index in [0.29, 0.717) is 54.4 Å². The molecular formula is C32H39ClN12O3. The number of morpholine rings is 1. The van der Waals surface area contributed by atoms with Crippen LogP contribution in [0, 0.1) is 0 Å². The molecule has 0 spiro atoms. The Labute approximate surface area is 283 Å². The monoisotopic (exact) mass is 674 g/mol. The molecule has 1 saturated heterocycles. The minimum absolute atomic E-state index is 0.207. The van der Waals surface area contributed by atoms with Crippen molar-refractivity contribution in [3.8, 4) is 22.8 Å². The standard InChI is InChI=1S/C32H39ClN12O3/c1-23(19-44-22-37-40-41-44)48-30-16-24(2-7-28(30)33)25-17-35-32(36-18-25)38-29-20-45(39-31(29)47-15-10-42-9-8-34-21-42)27-5-3-26(4-6-27)43-11-13-46-14-12-43/h2,7-9,16-18,20-23,26-27H,3-6,10-15,19H2,1H3,(H,35,36,38). The molecular weight excluding hydrogens is 636 g/mol. The maximum atomic E-state index is 6.46. The molecule has 0 bridgehead atoms. The van der Waals surface area contributed by atoms with Crippen molar-refractivity contribution in [3.63, 3.8) is 0 Å². The zero-order valence-electron chi connectivity index (χ0n) is 26.8. The van der Waals surface area contributed by atoms with Crippen LogP contribution in [0.3, 0.4) is 0 Å². The van der Waals surface area contributed by atoms with Crippen LogP contribution in [-0.4, -0.2) is 99.5 Å². The van der Waals surface area contributed by atoms with E-state index in [1.54, 1.807) is 42.0 Å². The van der Waals surface area contributed by atoms with Gasteiger partial charge in [-0.15, -0.1) is 10.2 Å². The van der Waals surface area contributed by atoms with E-state index < -0.39 is 0 Å². The Bertz CT molecular complexity index is 1720. The van der Waals surface area contributed by atoms with Gasteiger partial charge in [0.05, 0.1) is 49.9 Å². The quantitative estimate of drug-likeness (QED) is 0.190. The van der Waals surface area contributed by atoms with Crippen LogP contribution in [0.2, 0.25) is 5.02 Å². The van der Waals surface area contributed by atoms with Crippen molar-refractivity contribution in [1.82, 2.24) is 54.4 Å². The summed E-state index contributed by atoms with van der Waals surface area (Å²) in [5.74, 6) is 1.52. The van der Waals surface area contributed by atoms with Gasteiger partial charge in [-0.1, -0.05) is 17.7 Å². The predicted octanol–water partition coefficient (Wildman–Crippen LogP) is 4.28. The third-order valence-corrected chi connectivity index (χ3v) is 9.09. The normalized spacial score (nSPS) is 19.2. The highest BCUT2D eigenvalue weighted by Crippen LogP contribution is 2.35. The zero-order valence-corrected chi connectivity index (χ0v) is 27.6. The molecule has 5 aromatic rings. The van der Waals surface area contributed by atoms with Crippen molar-refractivity contribution >= 4 is 23.2 Å². The average molecular weight is 675 g/mol. The number of nitrogens with one attached hydrogen (secondary N) is 1. The lowest BCUT2D eigenvalue weighted by Gasteiger charge is -2.38. The van der Waals surface area contributed by atoms with Gasteiger partial charge in [-0.25, -0.2) is 19.6 Å². The molecule has 1 atom stereocenters. The smallest absolute Gasteiger partial charge is 0.257 e. The minimum atomic E-state index is -0.207. The van der Waals surface area contributed by atoms with E-state index in [2.05, 4.69) is 45.4 Å². The molecule has 1 unspecified atom stereocenters. The molecule has 0 radical (unpaired) electrons. The van der Waals surface area contributed by atoms with Crippen LogP contribution in [0.25, 0.3) is 11.1 Å². The van der Waals surface area contributed by atoms with Crippen LogP contribution in [0.5, 0.6) is 11.6 Å². The molecule has 252 valence electrons. The van der Waals surface area contributed by atoms with Crippen LogP contribution in [0.4, 0.5) is 11.6 Å². The second-order valence-electron chi connectivity index (χ2n) is 12.1. The number of hydrogen-bond donors (Lipinski definition) is 1. The van der Waals surface area contributed by atoms with Gasteiger partial charge >= 0.3 is 0 Å². The van der Waals surface area contributed by atoms with Crippen molar-refractivity contribution < 1.29 is 14.2 Å². The maximum Gasteiger partial charge on any atom is 0.257 e. The van der Waals surface area contributed by atoms with Gasteiger partial charge in [-0.2, -0.15) is 0 Å². The van der Waals surface area contributed by atoms with E-state index in [9.17, 15) is 0 Å². The highest BCUT2D eigenvalue weighted by atomic mass is 35.5. The predicted molar refractivity (Wildman–Crippen MR) is 177 cm³/mol. The number of benzene rings is 1. The molecule has 2 fully saturated rings.